The summed E-state index contributed by atoms with van der Waals surface area (Å²) in [5, 5.41) is 1.66. The number of primary amides is 1. The van der Waals surface area contributed by atoms with Gasteiger partial charge in [-0.05, 0) is 45.6 Å². The average molecular weight is 379 g/mol. The summed E-state index contributed by atoms with van der Waals surface area (Å²) >= 11 is 4.02. The van der Waals surface area contributed by atoms with Gasteiger partial charge in [-0.1, -0.05) is 0 Å². The zero-order valence-corrected chi connectivity index (χ0v) is 13.0. The van der Waals surface area contributed by atoms with E-state index in [1.54, 1.807) is 0 Å². The van der Waals surface area contributed by atoms with Gasteiger partial charge in [0.25, 0.3) is 15.9 Å². The van der Waals surface area contributed by atoms with Gasteiger partial charge in [0.2, 0.25) is 0 Å². The lowest BCUT2D eigenvalue weighted by Crippen LogP contribution is -2.17. The molecule has 0 aliphatic rings. The molecule has 0 aliphatic carbocycles. The van der Waals surface area contributed by atoms with E-state index in [2.05, 4.69) is 20.7 Å². The van der Waals surface area contributed by atoms with Gasteiger partial charge in [0, 0.05) is 4.47 Å². The van der Waals surface area contributed by atoms with Crippen LogP contribution in [0.4, 0.5) is 9.39 Å². The summed E-state index contributed by atoms with van der Waals surface area (Å²) in [6.45, 7) is 0. The van der Waals surface area contributed by atoms with Gasteiger partial charge < -0.3 is 5.73 Å². The van der Waals surface area contributed by atoms with Crippen LogP contribution in [-0.4, -0.2) is 14.3 Å². The van der Waals surface area contributed by atoms with Gasteiger partial charge in [0.1, 0.15) is 15.7 Å². The number of amides is 1. The van der Waals surface area contributed by atoms with E-state index in [0.717, 1.165) is 29.5 Å². The number of hydrogen-bond acceptors (Lipinski definition) is 4. The molecule has 0 spiro atoms. The number of thiophene rings is 1. The van der Waals surface area contributed by atoms with Gasteiger partial charge in [-0.3, -0.25) is 9.52 Å². The minimum atomic E-state index is -3.95. The first-order valence-electron chi connectivity index (χ1n) is 5.16. The number of carbonyl (C=O) groups is 1. The van der Waals surface area contributed by atoms with Crippen molar-refractivity contribution in [1.82, 2.24) is 0 Å². The Morgan fingerprint density at radius 3 is 2.65 bits per heavy atom. The fourth-order valence-electron chi connectivity index (χ4n) is 1.45. The SMILES string of the molecule is NC(=O)c1ccsc1NS(=O)(=O)c1ccc(F)cc1Br. The van der Waals surface area contributed by atoms with Crippen molar-refractivity contribution in [2.75, 3.05) is 4.72 Å². The predicted molar refractivity (Wildman–Crippen MR) is 77.7 cm³/mol. The van der Waals surface area contributed by atoms with Crippen molar-refractivity contribution in [1.29, 1.82) is 0 Å². The number of sulfonamides is 1. The van der Waals surface area contributed by atoms with Gasteiger partial charge >= 0.3 is 0 Å². The molecule has 3 N–H and O–H groups in total. The Labute approximate surface area is 126 Å². The smallest absolute Gasteiger partial charge is 0.263 e. The first-order valence-corrected chi connectivity index (χ1v) is 8.32. The second-order valence-corrected chi connectivity index (χ2v) is 7.13. The molecule has 2 aromatic rings. The first kappa shape index (κ1) is 14.9. The molecule has 9 heteroatoms. The van der Waals surface area contributed by atoms with E-state index in [4.69, 9.17) is 5.73 Å². The Morgan fingerprint density at radius 2 is 2.05 bits per heavy atom. The summed E-state index contributed by atoms with van der Waals surface area (Å²) in [5.41, 5.74) is 5.22. The van der Waals surface area contributed by atoms with E-state index in [0.29, 0.717) is 0 Å². The molecular weight excluding hydrogens is 371 g/mol. The maximum Gasteiger partial charge on any atom is 0.263 e. The molecule has 0 radical (unpaired) electrons. The Bertz CT molecular complexity index is 774. The summed E-state index contributed by atoms with van der Waals surface area (Å²) in [6, 6.07) is 4.62. The zero-order valence-electron chi connectivity index (χ0n) is 9.76. The summed E-state index contributed by atoms with van der Waals surface area (Å²) in [7, 11) is -3.95. The molecule has 1 aromatic carbocycles. The highest BCUT2D eigenvalue weighted by molar-refractivity contribution is 9.10. The second kappa shape index (κ2) is 5.51. The molecule has 1 heterocycles. The Balaban J connectivity index is 2.41. The highest BCUT2D eigenvalue weighted by Gasteiger charge is 2.21. The van der Waals surface area contributed by atoms with Gasteiger partial charge in [-0.25, -0.2) is 12.8 Å². The van der Waals surface area contributed by atoms with Crippen molar-refractivity contribution in [3.63, 3.8) is 0 Å². The fraction of sp³-hybridized carbons (Fsp3) is 0. The lowest BCUT2D eigenvalue weighted by atomic mass is 10.3. The highest BCUT2D eigenvalue weighted by Crippen LogP contribution is 2.29. The first-order chi connectivity index (χ1) is 9.31. The molecule has 0 atom stereocenters. The number of halogens is 2. The number of benzene rings is 1. The highest BCUT2D eigenvalue weighted by atomic mass is 79.9. The molecule has 1 aromatic heterocycles. The summed E-state index contributed by atoms with van der Waals surface area (Å²) in [6.07, 6.45) is 0. The quantitative estimate of drug-likeness (QED) is 0.856. The Morgan fingerprint density at radius 1 is 1.35 bits per heavy atom. The lowest BCUT2D eigenvalue weighted by Gasteiger charge is -2.09. The van der Waals surface area contributed by atoms with E-state index in [9.17, 15) is 17.6 Å². The molecule has 2 rings (SSSR count). The minimum absolute atomic E-state index is 0.0804. The van der Waals surface area contributed by atoms with Crippen LogP contribution in [0.15, 0.2) is 39.0 Å². The van der Waals surface area contributed by atoms with Crippen LogP contribution in [0.2, 0.25) is 0 Å². The third-order valence-corrected chi connectivity index (χ3v) is 5.63. The van der Waals surface area contributed by atoms with E-state index in [1.165, 1.54) is 11.4 Å². The standard InChI is InChI=1S/C11H8BrFN2O3S2/c12-8-5-6(13)1-2-9(8)20(17,18)15-11-7(10(14)16)3-4-19-11/h1-5,15H,(H2,14,16). The van der Waals surface area contributed by atoms with Crippen molar-refractivity contribution in [2.24, 2.45) is 5.73 Å². The van der Waals surface area contributed by atoms with E-state index >= 15 is 0 Å². The summed E-state index contributed by atoms with van der Waals surface area (Å²) in [4.78, 5) is 11.0. The monoisotopic (exact) mass is 378 g/mol. The summed E-state index contributed by atoms with van der Waals surface area (Å²) < 4.78 is 39.7. The van der Waals surface area contributed by atoms with Crippen LogP contribution in [0.1, 0.15) is 10.4 Å². The van der Waals surface area contributed by atoms with Crippen LogP contribution < -0.4 is 10.5 Å². The number of rotatable bonds is 4. The molecule has 106 valence electrons. The third kappa shape index (κ3) is 3.00. The number of nitrogens with one attached hydrogen (secondary N) is 1. The molecule has 0 bridgehead atoms. The second-order valence-electron chi connectivity index (χ2n) is 3.71. The third-order valence-electron chi connectivity index (χ3n) is 2.34. The van der Waals surface area contributed by atoms with Crippen LogP contribution in [-0.2, 0) is 10.0 Å². The molecule has 0 aliphatic heterocycles. The molecule has 0 saturated heterocycles. The number of anilines is 1. The topological polar surface area (TPSA) is 89.3 Å². The predicted octanol–water partition coefficient (Wildman–Crippen LogP) is 2.55. The number of hydrogen-bond donors (Lipinski definition) is 2. The van der Waals surface area contributed by atoms with Crippen LogP contribution in [0.5, 0.6) is 0 Å². The minimum Gasteiger partial charge on any atom is -0.366 e. The number of nitrogens with two attached hydrogens (primary N) is 1. The molecule has 0 fully saturated rings. The summed E-state index contributed by atoms with van der Waals surface area (Å²) in [5.74, 6) is -1.30. The van der Waals surface area contributed by atoms with Crippen LogP contribution >= 0.6 is 27.3 Å². The van der Waals surface area contributed by atoms with Crippen molar-refractivity contribution in [3.05, 3.63) is 45.5 Å². The largest absolute Gasteiger partial charge is 0.366 e. The lowest BCUT2D eigenvalue weighted by molar-refractivity contribution is 0.100. The van der Waals surface area contributed by atoms with Crippen molar-refractivity contribution < 1.29 is 17.6 Å². The maximum atomic E-state index is 13.0. The van der Waals surface area contributed by atoms with E-state index < -0.39 is 21.7 Å². The van der Waals surface area contributed by atoms with Gasteiger partial charge in [0.05, 0.1) is 5.56 Å². The average Bonchev–Trinajstić information content (AvgIpc) is 2.75. The maximum absolute atomic E-state index is 13.0. The Hall–Kier alpha value is -1.45. The number of carbonyl (C=O) groups excluding carboxylic acids is 1. The van der Waals surface area contributed by atoms with Crippen LogP contribution in [0.25, 0.3) is 0 Å². The van der Waals surface area contributed by atoms with E-state index in [-0.39, 0.29) is 19.9 Å². The molecule has 1 amide bonds. The zero-order chi connectivity index (χ0) is 14.9. The normalized spacial score (nSPS) is 11.3. The van der Waals surface area contributed by atoms with Crippen molar-refractivity contribution >= 4 is 48.2 Å². The van der Waals surface area contributed by atoms with Gasteiger partial charge in [0.15, 0.2) is 0 Å². The van der Waals surface area contributed by atoms with Crippen LogP contribution in [0.3, 0.4) is 0 Å². The molecule has 20 heavy (non-hydrogen) atoms. The van der Waals surface area contributed by atoms with Crippen LogP contribution in [0, 0.1) is 5.82 Å². The Kier molecular flexibility index (Phi) is 4.11. The molecule has 5 nitrogen and oxygen atoms in total. The molecule has 0 saturated carbocycles. The van der Waals surface area contributed by atoms with E-state index in [1.807, 2.05) is 0 Å². The van der Waals surface area contributed by atoms with Crippen molar-refractivity contribution in [3.8, 4) is 0 Å². The van der Waals surface area contributed by atoms with Gasteiger partial charge in [-0.2, -0.15) is 0 Å². The fourth-order valence-corrected chi connectivity index (χ4v) is 4.63. The van der Waals surface area contributed by atoms with Gasteiger partial charge in [-0.15, -0.1) is 11.3 Å². The molecular formula is C11H8BrFN2O3S2. The molecule has 0 unspecified atom stereocenters. The van der Waals surface area contributed by atoms with Crippen molar-refractivity contribution in [2.45, 2.75) is 4.90 Å².